The molecule has 33 heavy (non-hydrogen) atoms. The van der Waals surface area contributed by atoms with E-state index < -0.39 is 11.7 Å². The van der Waals surface area contributed by atoms with Gasteiger partial charge < -0.3 is 0 Å². The van der Waals surface area contributed by atoms with Crippen molar-refractivity contribution in [1.82, 2.24) is 0 Å². The quantitative estimate of drug-likeness (QED) is 0.194. The summed E-state index contributed by atoms with van der Waals surface area (Å²) < 4.78 is 53.7. The lowest BCUT2D eigenvalue weighted by Crippen LogP contribution is -2.03. The lowest BCUT2D eigenvalue weighted by molar-refractivity contribution is -0.137. The van der Waals surface area contributed by atoms with Crippen LogP contribution in [0.3, 0.4) is 0 Å². The Morgan fingerprint density at radius 2 is 1.30 bits per heavy atom. The lowest BCUT2D eigenvalue weighted by Gasteiger charge is -2.11. The topological polar surface area (TPSA) is 0 Å². The van der Waals surface area contributed by atoms with Crippen LogP contribution in [0.25, 0.3) is 33.0 Å². The van der Waals surface area contributed by atoms with Crippen LogP contribution in [-0.4, -0.2) is 0 Å². The first kappa shape index (κ1) is 23.0. The zero-order valence-corrected chi connectivity index (χ0v) is 18.6. The minimum Gasteiger partial charge on any atom is -0.206 e. The number of unbranched alkanes of at least 4 members (excludes halogenated alkanes) is 3. The molecular weight excluding hydrogens is 424 g/mol. The third-order valence-electron chi connectivity index (χ3n) is 6.08. The largest absolute Gasteiger partial charge is 0.416 e. The number of hydrogen-bond acceptors (Lipinski definition) is 0. The number of hydrogen-bond donors (Lipinski definition) is 0. The summed E-state index contributed by atoms with van der Waals surface area (Å²) in [6, 6.07) is 22.0. The normalized spacial score (nSPS) is 11.8. The van der Waals surface area contributed by atoms with E-state index in [4.69, 9.17) is 0 Å². The summed E-state index contributed by atoms with van der Waals surface area (Å²) in [7, 11) is 0. The summed E-state index contributed by atoms with van der Waals surface area (Å²) in [6.07, 6.45) is 1.45. The zero-order chi connectivity index (χ0) is 23.4. The molecule has 0 aliphatic rings. The molecule has 0 heterocycles. The Labute approximate surface area is 191 Å². The first-order valence-electron chi connectivity index (χ1n) is 11.4. The molecule has 0 atom stereocenters. The molecule has 0 radical (unpaired) electrons. The van der Waals surface area contributed by atoms with Gasteiger partial charge in [-0.3, -0.25) is 0 Å². The fraction of sp³-hybridized carbons (Fsp3) is 0.241. The fourth-order valence-electron chi connectivity index (χ4n) is 4.17. The number of benzene rings is 4. The summed E-state index contributed by atoms with van der Waals surface area (Å²) >= 11 is 0. The van der Waals surface area contributed by atoms with Crippen molar-refractivity contribution < 1.29 is 17.6 Å². The molecule has 0 aliphatic carbocycles. The van der Waals surface area contributed by atoms with Crippen molar-refractivity contribution in [3.8, 4) is 22.3 Å². The van der Waals surface area contributed by atoms with E-state index in [1.54, 1.807) is 30.3 Å². The van der Waals surface area contributed by atoms with E-state index in [2.05, 4.69) is 13.0 Å². The number of fused-ring (bicyclic) bond motifs is 1. The maximum Gasteiger partial charge on any atom is 0.416 e. The maximum absolute atomic E-state index is 15.3. The molecule has 4 aromatic carbocycles. The van der Waals surface area contributed by atoms with Crippen LogP contribution in [0.15, 0.2) is 78.9 Å². The van der Waals surface area contributed by atoms with E-state index in [1.165, 1.54) is 37.0 Å². The van der Waals surface area contributed by atoms with Crippen LogP contribution in [0.5, 0.6) is 0 Å². The van der Waals surface area contributed by atoms with Gasteiger partial charge in [0.05, 0.1) is 5.56 Å². The number of halogens is 4. The molecule has 0 aliphatic heterocycles. The van der Waals surface area contributed by atoms with Crippen LogP contribution >= 0.6 is 0 Å². The van der Waals surface area contributed by atoms with E-state index in [0.717, 1.165) is 41.5 Å². The highest BCUT2D eigenvalue weighted by atomic mass is 19.4. The van der Waals surface area contributed by atoms with Crippen molar-refractivity contribution in [3.63, 3.8) is 0 Å². The smallest absolute Gasteiger partial charge is 0.206 e. The molecule has 4 rings (SSSR count). The second-order valence-electron chi connectivity index (χ2n) is 8.45. The van der Waals surface area contributed by atoms with Gasteiger partial charge in [-0.25, -0.2) is 4.39 Å². The van der Waals surface area contributed by atoms with Crippen molar-refractivity contribution in [1.29, 1.82) is 0 Å². The van der Waals surface area contributed by atoms with E-state index in [0.29, 0.717) is 16.5 Å². The molecule has 0 saturated heterocycles. The number of alkyl halides is 3. The van der Waals surface area contributed by atoms with Crippen LogP contribution in [0.4, 0.5) is 17.6 Å². The molecule has 0 saturated carbocycles. The van der Waals surface area contributed by atoms with Crippen molar-refractivity contribution >= 4 is 10.8 Å². The third kappa shape index (κ3) is 5.27. The minimum atomic E-state index is -4.36. The van der Waals surface area contributed by atoms with E-state index in [-0.39, 0.29) is 5.82 Å². The second kappa shape index (κ2) is 9.78. The molecule has 0 N–H and O–H groups in total. The number of rotatable bonds is 7. The third-order valence-corrected chi connectivity index (χ3v) is 6.08. The monoisotopic (exact) mass is 450 g/mol. The number of aryl methyl sites for hydroxylation is 1. The summed E-state index contributed by atoms with van der Waals surface area (Å²) in [5.41, 5.74) is 3.25. The molecule has 170 valence electrons. The van der Waals surface area contributed by atoms with E-state index >= 15 is 4.39 Å². The van der Waals surface area contributed by atoms with Crippen LogP contribution in [0, 0.1) is 5.82 Å². The molecule has 0 unspecified atom stereocenters. The molecule has 0 amide bonds. The van der Waals surface area contributed by atoms with Crippen LogP contribution < -0.4 is 0 Å². The highest BCUT2D eigenvalue weighted by Gasteiger charge is 2.29. The highest BCUT2D eigenvalue weighted by Crippen LogP contribution is 2.33. The van der Waals surface area contributed by atoms with Gasteiger partial charge in [-0.1, -0.05) is 92.9 Å². The van der Waals surface area contributed by atoms with Crippen LogP contribution in [0.1, 0.15) is 43.7 Å². The first-order valence-corrected chi connectivity index (χ1v) is 11.4. The summed E-state index contributed by atoms with van der Waals surface area (Å²) in [5.74, 6) is -0.257. The Hall–Kier alpha value is -3.14. The Kier molecular flexibility index (Phi) is 6.83. The van der Waals surface area contributed by atoms with Gasteiger partial charge in [-0.15, -0.1) is 0 Å². The second-order valence-corrected chi connectivity index (χ2v) is 8.45. The molecule has 0 spiro atoms. The predicted molar refractivity (Wildman–Crippen MR) is 128 cm³/mol. The summed E-state index contributed by atoms with van der Waals surface area (Å²) in [5, 5.41) is 1.49. The molecule has 0 aromatic heterocycles. The van der Waals surface area contributed by atoms with Crippen molar-refractivity contribution in [2.75, 3.05) is 0 Å². The molecule has 4 aromatic rings. The fourth-order valence-corrected chi connectivity index (χ4v) is 4.17. The van der Waals surface area contributed by atoms with Gasteiger partial charge in [-0.05, 0) is 52.6 Å². The summed E-state index contributed by atoms with van der Waals surface area (Å²) in [4.78, 5) is 0. The average Bonchev–Trinajstić information content (AvgIpc) is 2.82. The SMILES string of the molecule is CCCCCCc1ccc2c(F)c(-c3ccc(-c4ccc(C(F)(F)F)cc4)cc3)ccc2c1. The van der Waals surface area contributed by atoms with Gasteiger partial charge in [0.25, 0.3) is 0 Å². The molecule has 0 bridgehead atoms. The van der Waals surface area contributed by atoms with E-state index in [1.807, 2.05) is 18.2 Å². The average molecular weight is 451 g/mol. The molecule has 0 fully saturated rings. The van der Waals surface area contributed by atoms with Crippen LogP contribution in [0.2, 0.25) is 0 Å². The Morgan fingerprint density at radius 1 is 0.667 bits per heavy atom. The predicted octanol–water partition coefficient (Wildman–Crippen LogP) is 9.45. The minimum absolute atomic E-state index is 0.257. The Balaban J connectivity index is 1.55. The van der Waals surface area contributed by atoms with Crippen molar-refractivity contribution in [3.05, 3.63) is 95.8 Å². The lowest BCUT2D eigenvalue weighted by atomic mass is 9.96. The Morgan fingerprint density at radius 3 is 1.94 bits per heavy atom. The molecular formula is C29H26F4. The van der Waals surface area contributed by atoms with Crippen molar-refractivity contribution in [2.45, 2.75) is 45.2 Å². The Bertz CT molecular complexity index is 1220. The van der Waals surface area contributed by atoms with Crippen LogP contribution in [-0.2, 0) is 12.6 Å². The summed E-state index contributed by atoms with van der Waals surface area (Å²) in [6.45, 7) is 2.19. The molecule has 0 nitrogen and oxygen atoms in total. The zero-order valence-electron chi connectivity index (χ0n) is 18.6. The maximum atomic E-state index is 15.3. The van der Waals surface area contributed by atoms with E-state index in [9.17, 15) is 13.2 Å². The van der Waals surface area contributed by atoms with Gasteiger partial charge >= 0.3 is 6.18 Å². The van der Waals surface area contributed by atoms with Gasteiger partial charge in [0, 0.05) is 10.9 Å². The van der Waals surface area contributed by atoms with Gasteiger partial charge in [0.15, 0.2) is 0 Å². The van der Waals surface area contributed by atoms with Crippen molar-refractivity contribution in [2.24, 2.45) is 0 Å². The van der Waals surface area contributed by atoms with Gasteiger partial charge in [0.2, 0.25) is 0 Å². The van der Waals surface area contributed by atoms with Gasteiger partial charge in [0.1, 0.15) is 5.82 Å². The highest BCUT2D eigenvalue weighted by molar-refractivity contribution is 5.89. The first-order chi connectivity index (χ1) is 15.9. The standard InChI is InChI=1S/C29H26F4/c1-2-3-4-5-6-20-7-17-27-24(19-20)14-18-26(28(27)30)23-10-8-21(9-11-23)22-12-15-25(16-13-22)29(31,32)33/h7-19H,2-6H2,1H3. The molecule has 4 heteroatoms. The van der Waals surface area contributed by atoms with Gasteiger partial charge in [-0.2, -0.15) is 13.2 Å².